The fourth-order valence-corrected chi connectivity index (χ4v) is 1.86. The molecular formula is C14H11FN2O. The van der Waals surface area contributed by atoms with Crippen LogP contribution in [-0.2, 0) is 4.74 Å². The molecule has 3 nitrogen and oxygen atoms in total. The van der Waals surface area contributed by atoms with Gasteiger partial charge in [0.15, 0.2) is 0 Å². The van der Waals surface area contributed by atoms with Gasteiger partial charge in [0, 0.05) is 0 Å². The quantitative estimate of drug-likeness (QED) is 0.811. The fourth-order valence-electron chi connectivity index (χ4n) is 1.86. The standard InChI is InChI=1S/C14H11FN2O/c15-11-6-7-12(16-8-11)14-17-13(9-18-14)10-4-2-1-3-5-10/h1-8,13H,9H2. The summed E-state index contributed by atoms with van der Waals surface area (Å²) in [5.74, 6) is 0.112. The van der Waals surface area contributed by atoms with Crippen molar-refractivity contribution in [3.8, 4) is 0 Å². The summed E-state index contributed by atoms with van der Waals surface area (Å²) >= 11 is 0. The van der Waals surface area contributed by atoms with Crippen LogP contribution in [0.2, 0.25) is 0 Å². The Morgan fingerprint density at radius 3 is 2.67 bits per heavy atom. The maximum absolute atomic E-state index is 12.8. The third-order valence-corrected chi connectivity index (χ3v) is 2.78. The van der Waals surface area contributed by atoms with Crippen molar-refractivity contribution in [2.75, 3.05) is 6.61 Å². The lowest BCUT2D eigenvalue weighted by molar-refractivity contribution is 0.319. The molecule has 0 aliphatic carbocycles. The first-order valence-corrected chi connectivity index (χ1v) is 5.70. The Morgan fingerprint density at radius 1 is 1.11 bits per heavy atom. The van der Waals surface area contributed by atoms with E-state index < -0.39 is 0 Å². The summed E-state index contributed by atoms with van der Waals surface area (Å²) in [5.41, 5.74) is 1.67. The van der Waals surface area contributed by atoms with Gasteiger partial charge in [0.1, 0.15) is 24.2 Å². The number of aliphatic imine (C=N–C) groups is 1. The van der Waals surface area contributed by atoms with Crippen molar-refractivity contribution < 1.29 is 9.13 Å². The van der Waals surface area contributed by atoms with Crippen molar-refractivity contribution in [2.24, 2.45) is 4.99 Å². The number of pyridine rings is 1. The van der Waals surface area contributed by atoms with Gasteiger partial charge in [-0.1, -0.05) is 30.3 Å². The predicted molar refractivity (Wildman–Crippen MR) is 65.9 cm³/mol. The second kappa shape index (κ2) is 4.56. The second-order valence-corrected chi connectivity index (χ2v) is 4.03. The molecule has 2 heterocycles. The number of hydrogen-bond donors (Lipinski definition) is 0. The minimum absolute atomic E-state index is 0.00643. The number of nitrogens with zero attached hydrogens (tertiary/aromatic N) is 2. The Kier molecular flexibility index (Phi) is 2.76. The molecule has 0 spiro atoms. The van der Waals surface area contributed by atoms with Crippen LogP contribution in [0.15, 0.2) is 53.7 Å². The van der Waals surface area contributed by atoms with Crippen molar-refractivity contribution >= 4 is 5.90 Å². The zero-order valence-corrected chi connectivity index (χ0v) is 9.58. The molecule has 18 heavy (non-hydrogen) atoms. The molecule has 1 aliphatic heterocycles. The van der Waals surface area contributed by atoms with E-state index in [0.717, 1.165) is 11.8 Å². The SMILES string of the molecule is Fc1ccc(C2=NC(c3ccccc3)CO2)nc1. The molecule has 1 aliphatic rings. The number of rotatable bonds is 2. The first kappa shape index (κ1) is 10.9. The number of hydrogen-bond acceptors (Lipinski definition) is 3. The van der Waals surface area contributed by atoms with Crippen LogP contribution in [0.25, 0.3) is 0 Å². The highest BCUT2D eigenvalue weighted by molar-refractivity contribution is 5.93. The Balaban J connectivity index is 1.86. The van der Waals surface area contributed by atoms with Crippen LogP contribution in [0.4, 0.5) is 4.39 Å². The largest absolute Gasteiger partial charge is 0.474 e. The summed E-state index contributed by atoms with van der Waals surface area (Å²) in [5, 5.41) is 0. The Bertz CT molecular complexity index is 566. The molecule has 0 N–H and O–H groups in total. The molecule has 0 fully saturated rings. The topological polar surface area (TPSA) is 34.5 Å². The zero-order valence-electron chi connectivity index (χ0n) is 9.58. The third kappa shape index (κ3) is 2.09. The molecule has 1 atom stereocenters. The van der Waals surface area contributed by atoms with Gasteiger partial charge in [-0.2, -0.15) is 0 Å². The lowest BCUT2D eigenvalue weighted by Crippen LogP contribution is -2.03. The van der Waals surface area contributed by atoms with E-state index in [-0.39, 0.29) is 11.9 Å². The lowest BCUT2D eigenvalue weighted by atomic mass is 10.1. The highest BCUT2D eigenvalue weighted by Gasteiger charge is 2.22. The average Bonchev–Trinajstić information content (AvgIpc) is 2.90. The van der Waals surface area contributed by atoms with Crippen molar-refractivity contribution in [1.29, 1.82) is 0 Å². The van der Waals surface area contributed by atoms with Gasteiger partial charge in [0.2, 0.25) is 5.90 Å². The highest BCUT2D eigenvalue weighted by atomic mass is 19.1. The van der Waals surface area contributed by atoms with E-state index in [1.807, 2.05) is 30.3 Å². The average molecular weight is 242 g/mol. The minimum atomic E-state index is -0.364. The highest BCUT2D eigenvalue weighted by Crippen LogP contribution is 2.24. The van der Waals surface area contributed by atoms with Crippen LogP contribution in [0.3, 0.4) is 0 Å². The first-order chi connectivity index (χ1) is 8.83. The number of halogens is 1. The van der Waals surface area contributed by atoms with Gasteiger partial charge in [-0.15, -0.1) is 0 Å². The first-order valence-electron chi connectivity index (χ1n) is 5.70. The van der Waals surface area contributed by atoms with Crippen molar-refractivity contribution in [3.05, 3.63) is 65.7 Å². The van der Waals surface area contributed by atoms with Crippen LogP contribution >= 0.6 is 0 Å². The van der Waals surface area contributed by atoms with Gasteiger partial charge in [-0.25, -0.2) is 14.4 Å². The summed E-state index contributed by atoms with van der Waals surface area (Å²) in [6, 6.07) is 12.8. The fraction of sp³-hybridized carbons (Fsp3) is 0.143. The lowest BCUT2D eigenvalue weighted by Gasteiger charge is -2.03. The second-order valence-electron chi connectivity index (χ2n) is 4.03. The van der Waals surface area contributed by atoms with Crippen molar-refractivity contribution in [2.45, 2.75) is 6.04 Å². The van der Waals surface area contributed by atoms with E-state index in [2.05, 4.69) is 9.98 Å². The van der Waals surface area contributed by atoms with Gasteiger partial charge < -0.3 is 4.74 Å². The molecule has 0 bridgehead atoms. The third-order valence-electron chi connectivity index (χ3n) is 2.78. The van der Waals surface area contributed by atoms with Crippen LogP contribution < -0.4 is 0 Å². The number of aromatic nitrogens is 1. The molecule has 4 heteroatoms. The van der Waals surface area contributed by atoms with Crippen LogP contribution in [0.5, 0.6) is 0 Å². The summed E-state index contributed by atoms with van der Waals surface area (Å²) < 4.78 is 18.3. The van der Waals surface area contributed by atoms with E-state index >= 15 is 0 Å². The van der Waals surface area contributed by atoms with Crippen LogP contribution in [0.1, 0.15) is 17.3 Å². The van der Waals surface area contributed by atoms with Gasteiger partial charge in [-0.3, -0.25) is 0 Å². The number of benzene rings is 1. The normalized spacial score (nSPS) is 18.3. The molecule has 0 saturated heterocycles. The molecule has 1 aromatic carbocycles. The van der Waals surface area contributed by atoms with Gasteiger partial charge in [-0.05, 0) is 17.7 Å². The predicted octanol–water partition coefficient (Wildman–Crippen LogP) is 2.74. The molecular weight excluding hydrogens is 231 g/mol. The van der Waals surface area contributed by atoms with E-state index in [0.29, 0.717) is 18.2 Å². The van der Waals surface area contributed by atoms with Gasteiger partial charge >= 0.3 is 0 Å². The van der Waals surface area contributed by atoms with E-state index in [4.69, 9.17) is 4.74 Å². The van der Waals surface area contributed by atoms with Crippen LogP contribution in [0, 0.1) is 5.82 Å². The van der Waals surface area contributed by atoms with Gasteiger partial charge in [0.25, 0.3) is 0 Å². The summed E-state index contributed by atoms with van der Waals surface area (Å²) in [4.78, 5) is 8.43. The van der Waals surface area contributed by atoms with Gasteiger partial charge in [0.05, 0.1) is 6.20 Å². The number of ether oxygens (including phenoxy) is 1. The Morgan fingerprint density at radius 2 is 1.94 bits per heavy atom. The summed E-state index contributed by atoms with van der Waals surface area (Å²) in [6.45, 7) is 0.498. The van der Waals surface area contributed by atoms with Crippen molar-refractivity contribution in [1.82, 2.24) is 4.98 Å². The molecule has 3 rings (SSSR count). The smallest absolute Gasteiger partial charge is 0.236 e. The zero-order chi connectivity index (χ0) is 12.4. The molecule has 1 aromatic heterocycles. The van der Waals surface area contributed by atoms with Crippen molar-refractivity contribution in [3.63, 3.8) is 0 Å². The molecule has 90 valence electrons. The summed E-state index contributed by atoms with van der Waals surface area (Å²) in [7, 11) is 0. The molecule has 0 radical (unpaired) electrons. The minimum Gasteiger partial charge on any atom is -0.474 e. The maximum Gasteiger partial charge on any atom is 0.236 e. The Labute approximate surface area is 104 Å². The maximum atomic E-state index is 12.8. The summed E-state index contributed by atoms with van der Waals surface area (Å²) in [6.07, 6.45) is 1.16. The molecule has 2 aromatic rings. The Hall–Kier alpha value is -2.23. The van der Waals surface area contributed by atoms with E-state index in [9.17, 15) is 4.39 Å². The van der Waals surface area contributed by atoms with E-state index in [1.165, 1.54) is 6.07 Å². The van der Waals surface area contributed by atoms with Crippen LogP contribution in [-0.4, -0.2) is 17.5 Å². The molecule has 0 saturated carbocycles. The monoisotopic (exact) mass is 242 g/mol. The molecule has 0 amide bonds. The molecule has 1 unspecified atom stereocenters. The van der Waals surface area contributed by atoms with E-state index in [1.54, 1.807) is 6.07 Å².